The third-order valence-corrected chi connectivity index (χ3v) is 19.9. The lowest BCUT2D eigenvalue weighted by Crippen LogP contribution is -2.41. The van der Waals surface area contributed by atoms with E-state index < -0.39 is 36.0 Å². The highest BCUT2D eigenvalue weighted by Crippen LogP contribution is 2.31. The number of piperidine rings is 1. The van der Waals surface area contributed by atoms with Gasteiger partial charge in [0.05, 0.1) is 55.7 Å². The molecule has 30 heteroatoms. The number of anilines is 1. The van der Waals surface area contributed by atoms with Gasteiger partial charge < -0.3 is 39.0 Å². The molecule has 89 heavy (non-hydrogen) atoms. The van der Waals surface area contributed by atoms with Crippen LogP contribution < -0.4 is 24.4 Å². The molecule has 0 bridgehead atoms. The normalized spacial score (nSPS) is 11.9. The van der Waals surface area contributed by atoms with Crippen molar-refractivity contribution in [2.75, 3.05) is 121 Å². The highest BCUT2D eigenvalue weighted by molar-refractivity contribution is 7.89. The third kappa shape index (κ3) is 26.8. The Bertz CT molecular complexity index is 3220. The summed E-state index contributed by atoms with van der Waals surface area (Å²) in [6.07, 6.45) is 7.36. The van der Waals surface area contributed by atoms with Gasteiger partial charge in [-0.2, -0.15) is 32.1 Å². The molecule has 1 aromatic heterocycles. The largest absolute Gasteiger partial charge is 0.497 e. The van der Waals surface area contributed by atoms with Crippen molar-refractivity contribution >= 4 is 84.5 Å². The summed E-state index contributed by atoms with van der Waals surface area (Å²) < 4.78 is 99.6. The van der Waals surface area contributed by atoms with Gasteiger partial charge in [0.15, 0.2) is 12.5 Å². The van der Waals surface area contributed by atoms with Gasteiger partial charge in [-0.25, -0.2) is 25.3 Å². The number of hydrogen-bond acceptors (Lipinski definition) is 21. The minimum atomic E-state index is -3.89. The molecule has 1 N–H and O–H groups in total. The first-order valence-electron chi connectivity index (χ1n) is 27.4. The second-order valence-electron chi connectivity index (χ2n) is 20.0. The van der Waals surface area contributed by atoms with Crippen molar-refractivity contribution in [1.29, 1.82) is 0 Å². The van der Waals surface area contributed by atoms with Crippen molar-refractivity contribution in [1.82, 2.24) is 33.0 Å². The maximum absolute atomic E-state index is 13.2. The number of rotatable bonds is 24. The molecule has 3 aromatic carbocycles. The third-order valence-electron chi connectivity index (χ3n) is 13.6. The summed E-state index contributed by atoms with van der Waals surface area (Å²) in [4.78, 5) is 89.7. The predicted octanol–water partition coefficient (Wildman–Crippen LogP) is 5.01. The highest BCUT2D eigenvalue weighted by Gasteiger charge is 2.31. The van der Waals surface area contributed by atoms with Crippen LogP contribution in [0.4, 0.5) is 5.69 Å². The minimum Gasteiger partial charge on any atom is -0.497 e. The van der Waals surface area contributed by atoms with Crippen LogP contribution in [0.1, 0.15) is 72.9 Å². The van der Waals surface area contributed by atoms with Gasteiger partial charge in [-0.05, 0) is 169 Å². The van der Waals surface area contributed by atoms with E-state index in [1.54, 1.807) is 97.4 Å². The lowest BCUT2D eigenvalue weighted by molar-refractivity contribution is -0.193. The summed E-state index contributed by atoms with van der Waals surface area (Å²) in [5.74, 6) is 1.59. The van der Waals surface area contributed by atoms with E-state index in [1.165, 1.54) is 65.0 Å². The number of halogens is 1. The van der Waals surface area contributed by atoms with Crippen molar-refractivity contribution in [2.24, 2.45) is 5.92 Å². The molecule has 0 spiro atoms. The topological polar surface area (TPSA) is 320 Å². The van der Waals surface area contributed by atoms with E-state index in [0.717, 1.165) is 51.8 Å². The first-order valence-corrected chi connectivity index (χ1v) is 31.8. The SMILES string of the molecule is CCN(C)C(=O)CN(C)S(=O)(=O)c1c(C)cc(OC)cc1C.CCNC.COc1cc(C)c(S(=O)(=O)N(C)CC(=O)N(C)CC(=O)CCC2CCN(c3ccncc3)CC2)c(C)c1.COc1cc(C)c(S(=O)(=O)N(C)COC=O)c(C)c1.Cl.O=C=O.O=C=O. The summed E-state index contributed by atoms with van der Waals surface area (Å²) in [5.41, 5.74) is 4.62. The zero-order chi connectivity index (χ0) is 67.7. The van der Waals surface area contributed by atoms with E-state index in [1.807, 2.05) is 26.1 Å². The van der Waals surface area contributed by atoms with Crippen LogP contribution in [0.15, 0.2) is 75.6 Å². The van der Waals surface area contributed by atoms with Gasteiger partial charge in [0.1, 0.15) is 17.2 Å². The molecule has 1 aliphatic heterocycles. The van der Waals surface area contributed by atoms with E-state index >= 15 is 0 Å². The number of hydrogen-bond donors (Lipinski definition) is 1. The number of sulfonamides is 3. The lowest BCUT2D eigenvalue weighted by Gasteiger charge is -2.33. The zero-order valence-corrected chi connectivity index (χ0v) is 57.3. The van der Waals surface area contributed by atoms with Gasteiger partial charge in [-0.15, -0.1) is 12.4 Å². The van der Waals surface area contributed by atoms with Crippen LogP contribution in [0.5, 0.6) is 17.2 Å². The standard InChI is InChI=1S/C27H38N4O5S.C15H24N2O4S.C12H17NO5S.C3H9N.2CO2.ClH/c1-20-16-25(36-5)17-21(2)27(20)37(34,35)30(4)19-26(33)29(3)18-24(32)7-6-22-10-14-31(15-11-22)23-8-12-28-13-9-23;1-7-16(4)14(18)10-17(5)22(19,20)15-11(2)8-13(21-6)9-12(15)3;1-9-5-11(17-4)6-10(2)12(9)19(15,16)13(3)7-18-8-14;1-3-4-2;2*2-1-3;/h8-9,12-13,16-17,22H,6-7,10-11,14-15,18-19H2,1-5H3;8-9H,7,10H2,1-6H3;5-6,8H,7H2,1-4H3;4H,3H2,1-2H3;;;1H. The second kappa shape index (κ2) is 41.9. The number of Topliss-reactive ketones (excluding diaryl/α,β-unsaturated/α-hetero) is 1. The molecule has 498 valence electrons. The van der Waals surface area contributed by atoms with E-state index in [2.05, 4.69) is 26.9 Å². The van der Waals surface area contributed by atoms with Crippen LogP contribution in [0.25, 0.3) is 0 Å². The summed E-state index contributed by atoms with van der Waals surface area (Å²) in [5, 5.41) is 2.93. The monoisotopic (exact) mass is 1330 g/mol. The van der Waals surface area contributed by atoms with Crippen LogP contribution in [-0.2, 0) is 73.2 Å². The Morgan fingerprint density at radius 1 is 0.607 bits per heavy atom. The fourth-order valence-corrected chi connectivity index (χ4v) is 13.3. The quantitative estimate of drug-likeness (QED) is 0.0712. The maximum atomic E-state index is 13.2. The number of likely N-dealkylation sites (N-methyl/N-ethyl adjacent to an activating group) is 4. The molecular formula is C59H89ClN8O18S3. The Morgan fingerprint density at radius 3 is 1.24 bits per heavy atom. The van der Waals surface area contributed by atoms with Crippen molar-refractivity contribution < 1.29 is 82.6 Å². The first-order chi connectivity index (χ1) is 41.2. The molecule has 0 saturated carbocycles. The number of ether oxygens (including phenoxy) is 4. The van der Waals surface area contributed by atoms with E-state index in [-0.39, 0.29) is 83.9 Å². The Labute approximate surface area is 531 Å². The van der Waals surface area contributed by atoms with Crippen molar-refractivity contribution in [3.63, 3.8) is 0 Å². The first kappa shape index (κ1) is 83.9. The number of carbonyl (C=O) groups is 4. The van der Waals surface area contributed by atoms with Crippen LogP contribution in [0, 0.1) is 47.5 Å². The van der Waals surface area contributed by atoms with Crippen LogP contribution in [0.3, 0.4) is 0 Å². The number of pyridine rings is 1. The number of ketones is 1. The number of amides is 2. The minimum absolute atomic E-state index is 0. The summed E-state index contributed by atoms with van der Waals surface area (Å²) in [6, 6.07) is 14.0. The van der Waals surface area contributed by atoms with Gasteiger partial charge in [0.25, 0.3) is 6.47 Å². The molecule has 1 aliphatic rings. The zero-order valence-electron chi connectivity index (χ0n) is 54.0. The Morgan fingerprint density at radius 2 is 0.933 bits per heavy atom. The Hall–Kier alpha value is -7.17. The Kier molecular flexibility index (Phi) is 39.5. The number of nitrogens with one attached hydrogen (secondary N) is 1. The van der Waals surface area contributed by atoms with Gasteiger partial charge in [0.2, 0.25) is 41.9 Å². The molecule has 1 fully saturated rings. The number of benzene rings is 3. The number of aromatic nitrogens is 1. The fraction of sp³-hybridized carbons (Fsp3) is 0.508. The molecule has 4 aromatic rings. The molecule has 0 atom stereocenters. The molecule has 0 aliphatic carbocycles. The average Bonchev–Trinajstić information content (AvgIpc) is 1.11. The molecule has 26 nitrogen and oxygen atoms in total. The summed E-state index contributed by atoms with van der Waals surface area (Å²) in [6.45, 7) is 17.0. The van der Waals surface area contributed by atoms with Gasteiger partial charge in [-0.3, -0.25) is 24.2 Å². The maximum Gasteiger partial charge on any atom is 0.373 e. The van der Waals surface area contributed by atoms with E-state index in [4.69, 9.17) is 33.4 Å². The molecule has 1 saturated heterocycles. The Balaban J connectivity index is 0. The van der Waals surface area contributed by atoms with Gasteiger partial charge in [-0.1, -0.05) is 6.92 Å². The van der Waals surface area contributed by atoms with Crippen LogP contribution in [-0.4, -0.2) is 205 Å². The number of methoxy groups -OCH3 is 3. The molecule has 2 heterocycles. The van der Waals surface area contributed by atoms with Gasteiger partial charge in [0, 0.05) is 79.4 Å². The molecular weight excluding hydrogens is 1240 g/mol. The fourth-order valence-electron chi connectivity index (χ4n) is 8.78. The van der Waals surface area contributed by atoms with E-state index in [9.17, 15) is 44.4 Å². The number of nitrogens with zero attached hydrogens (tertiary/aromatic N) is 7. The summed E-state index contributed by atoms with van der Waals surface area (Å²) in [7, 11) is 2.51. The highest BCUT2D eigenvalue weighted by atomic mass is 35.5. The molecule has 0 radical (unpaired) electrons. The summed E-state index contributed by atoms with van der Waals surface area (Å²) >= 11 is 0. The van der Waals surface area contributed by atoms with Crippen molar-refractivity contribution in [3.05, 3.63) is 94.3 Å². The molecule has 0 unspecified atom stereocenters. The second-order valence-corrected chi connectivity index (χ2v) is 26.0. The average molecular weight is 1330 g/mol. The lowest BCUT2D eigenvalue weighted by atomic mass is 9.91. The van der Waals surface area contributed by atoms with Gasteiger partial charge >= 0.3 is 12.3 Å². The van der Waals surface area contributed by atoms with E-state index in [0.29, 0.717) is 69.5 Å². The predicted molar refractivity (Wildman–Crippen MR) is 335 cm³/mol. The van der Waals surface area contributed by atoms with Crippen LogP contribution in [0.2, 0.25) is 0 Å². The number of aryl methyl sites for hydroxylation is 6. The molecule has 5 rings (SSSR count). The molecule has 2 amide bonds. The van der Waals surface area contributed by atoms with Crippen molar-refractivity contribution in [2.45, 2.75) is 95.8 Å². The van der Waals surface area contributed by atoms with Crippen LogP contribution >= 0.6 is 12.4 Å². The smallest absolute Gasteiger partial charge is 0.373 e. The van der Waals surface area contributed by atoms with Crippen molar-refractivity contribution in [3.8, 4) is 17.2 Å². The number of carbonyl (C=O) groups excluding carboxylic acids is 8.